The van der Waals surface area contributed by atoms with Gasteiger partial charge in [-0.1, -0.05) is 17.7 Å². The minimum Gasteiger partial charge on any atom is -0.465 e. The van der Waals surface area contributed by atoms with E-state index in [9.17, 15) is 14.4 Å². The molecule has 0 spiro atoms. The summed E-state index contributed by atoms with van der Waals surface area (Å²) in [4.78, 5) is 37.2. The number of fused-ring (bicyclic) bond motifs is 1. The van der Waals surface area contributed by atoms with Crippen molar-refractivity contribution in [3.05, 3.63) is 57.4 Å². The highest BCUT2D eigenvalue weighted by Crippen LogP contribution is 2.30. The molecule has 3 rings (SSSR count). The van der Waals surface area contributed by atoms with Gasteiger partial charge in [-0.2, -0.15) is 0 Å². The van der Waals surface area contributed by atoms with Gasteiger partial charge in [-0.3, -0.25) is 10.2 Å². The standard InChI is InChI=1S/C17H13ClN2O5S/c1-20(10-5-3-4-9(18)6-10)17(23)19-14-8-12-13(26-14)7-11(15(21)24-2)16(22)25-12/h3-8H,1-2H3,(H,19,23). The van der Waals surface area contributed by atoms with Crippen molar-refractivity contribution in [1.29, 1.82) is 0 Å². The van der Waals surface area contributed by atoms with Crippen LogP contribution in [0, 0.1) is 0 Å². The van der Waals surface area contributed by atoms with Gasteiger partial charge in [0, 0.05) is 23.8 Å². The number of hydrogen-bond donors (Lipinski definition) is 1. The van der Waals surface area contributed by atoms with Gasteiger partial charge in [0.05, 0.1) is 11.8 Å². The number of esters is 1. The summed E-state index contributed by atoms with van der Waals surface area (Å²) >= 11 is 7.11. The number of urea groups is 1. The first-order chi connectivity index (χ1) is 12.4. The molecule has 3 aromatic rings. The van der Waals surface area contributed by atoms with Crippen LogP contribution in [0.1, 0.15) is 10.4 Å². The first-order valence-corrected chi connectivity index (χ1v) is 8.55. The van der Waals surface area contributed by atoms with Crippen LogP contribution in [0.25, 0.3) is 10.3 Å². The van der Waals surface area contributed by atoms with Crippen molar-refractivity contribution in [3.63, 3.8) is 0 Å². The number of benzene rings is 1. The van der Waals surface area contributed by atoms with Gasteiger partial charge >= 0.3 is 17.6 Å². The molecule has 0 saturated carbocycles. The Kier molecular flexibility index (Phi) is 4.97. The molecule has 9 heteroatoms. The molecular formula is C17H13ClN2O5S. The number of thiophene rings is 1. The third-order valence-electron chi connectivity index (χ3n) is 3.56. The number of amides is 2. The third-order valence-corrected chi connectivity index (χ3v) is 4.77. The zero-order valence-corrected chi connectivity index (χ0v) is 15.3. The van der Waals surface area contributed by atoms with Crippen LogP contribution >= 0.6 is 22.9 Å². The number of carbonyl (C=O) groups excluding carboxylic acids is 2. The van der Waals surface area contributed by atoms with Gasteiger partial charge in [-0.15, -0.1) is 11.3 Å². The third kappa shape index (κ3) is 3.56. The number of methoxy groups -OCH3 is 1. The average molecular weight is 393 g/mol. The number of ether oxygens (including phenoxy) is 1. The first-order valence-electron chi connectivity index (χ1n) is 7.35. The molecule has 0 aliphatic rings. The number of hydrogen-bond acceptors (Lipinski definition) is 6. The minimum absolute atomic E-state index is 0.198. The molecule has 0 unspecified atom stereocenters. The molecule has 0 fully saturated rings. The molecular weight excluding hydrogens is 380 g/mol. The molecule has 7 nitrogen and oxygen atoms in total. The lowest BCUT2D eigenvalue weighted by Crippen LogP contribution is -2.30. The molecule has 134 valence electrons. The molecule has 1 aromatic carbocycles. The van der Waals surface area contributed by atoms with Gasteiger partial charge in [0.2, 0.25) is 0 Å². The highest BCUT2D eigenvalue weighted by atomic mass is 35.5. The second-order valence-electron chi connectivity index (χ2n) is 5.25. The van der Waals surface area contributed by atoms with Crippen LogP contribution < -0.4 is 15.8 Å². The van der Waals surface area contributed by atoms with Crippen LogP contribution in [0.5, 0.6) is 0 Å². The summed E-state index contributed by atoms with van der Waals surface area (Å²) in [6, 6.07) is 9.37. The van der Waals surface area contributed by atoms with Gasteiger partial charge in [-0.05, 0) is 24.3 Å². The fourth-order valence-corrected chi connectivity index (χ4v) is 3.32. The van der Waals surface area contributed by atoms with Crippen molar-refractivity contribution in [2.75, 3.05) is 24.4 Å². The Bertz CT molecular complexity index is 1060. The lowest BCUT2D eigenvalue weighted by Gasteiger charge is -2.17. The summed E-state index contributed by atoms with van der Waals surface area (Å²) in [7, 11) is 2.78. The van der Waals surface area contributed by atoms with E-state index in [1.807, 2.05) is 0 Å². The van der Waals surface area contributed by atoms with E-state index in [1.54, 1.807) is 31.3 Å². The maximum absolute atomic E-state index is 12.4. The smallest absolute Gasteiger partial charge is 0.351 e. The Balaban J connectivity index is 1.85. The van der Waals surface area contributed by atoms with Crippen molar-refractivity contribution in [2.24, 2.45) is 0 Å². The predicted octanol–water partition coefficient (Wildman–Crippen LogP) is 3.96. The second-order valence-corrected chi connectivity index (χ2v) is 6.77. The average Bonchev–Trinajstić information content (AvgIpc) is 3.00. The highest BCUT2D eigenvalue weighted by molar-refractivity contribution is 7.22. The minimum atomic E-state index is -0.795. The molecule has 26 heavy (non-hydrogen) atoms. The van der Waals surface area contributed by atoms with E-state index in [4.69, 9.17) is 16.0 Å². The van der Waals surface area contributed by atoms with E-state index in [0.29, 0.717) is 20.4 Å². The zero-order valence-electron chi connectivity index (χ0n) is 13.7. The summed E-state index contributed by atoms with van der Waals surface area (Å²) in [5.41, 5.74) is -0.101. The molecule has 0 aliphatic heterocycles. The molecule has 2 aromatic heterocycles. The highest BCUT2D eigenvalue weighted by Gasteiger charge is 2.17. The van der Waals surface area contributed by atoms with Crippen molar-refractivity contribution in [3.8, 4) is 0 Å². The number of nitrogens with zero attached hydrogens (tertiary/aromatic N) is 1. The molecule has 0 bridgehead atoms. The molecule has 2 amide bonds. The van der Waals surface area contributed by atoms with Crippen molar-refractivity contribution < 1.29 is 18.7 Å². The van der Waals surface area contributed by atoms with Crippen LogP contribution in [0.4, 0.5) is 15.5 Å². The van der Waals surface area contributed by atoms with E-state index >= 15 is 0 Å². The van der Waals surface area contributed by atoms with Gasteiger partial charge in [0.15, 0.2) is 5.58 Å². The quantitative estimate of drug-likeness (QED) is 0.681. The van der Waals surface area contributed by atoms with Crippen LogP contribution in [-0.4, -0.2) is 26.2 Å². The number of carbonyl (C=O) groups is 2. The molecule has 2 heterocycles. The van der Waals surface area contributed by atoms with Crippen LogP contribution in [0.2, 0.25) is 5.02 Å². The Labute approximate surface area is 156 Å². The van der Waals surface area contributed by atoms with E-state index in [0.717, 1.165) is 0 Å². The zero-order chi connectivity index (χ0) is 18.8. The first kappa shape index (κ1) is 18.0. The summed E-state index contributed by atoms with van der Waals surface area (Å²) in [6.45, 7) is 0. The van der Waals surface area contributed by atoms with Gasteiger partial charge in [-0.25, -0.2) is 14.4 Å². The molecule has 0 radical (unpaired) electrons. The molecule has 0 aliphatic carbocycles. The summed E-state index contributed by atoms with van der Waals surface area (Å²) in [6.07, 6.45) is 0. The summed E-state index contributed by atoms with van der Waals surface area (Å²) < 4.78 is 10.2. The number of halogens is 1. The lowest BCUT2D eigenvalue weighted by molar-refractivity contribution is 0.0596. The van der Waals surface area contributed by atoms with E-state index in [1.165, 1.54) is 35.5 Å². The molecule has 0 saturated heterocycles. The monoisotopic (exact) mass is 392 g/mol. The Morgan fingerprint density at radius 1 is 1.27 bits per heavy atom. The Morgan fingerprint density at radius 2 is 2.04 bits per heavy atom. The number of nitrogens with one attached hydrogen (secondary N) is 1. The van der Waals surface area contributed by atoms with Crippen molar-refractivity contribution in [2.45, 2.75) is 0 Å². The van der Waals surface area contributed by atoms with Gasteiger partial charge < -0.3 is 9.15 Å². The normalized spacial score (nSPS) is 10.6. The van der Waals surface area contributed by atoms with Crippen molar-refractivity contribution in [1.82, 2.24) is 0 Å². The van der Waals surface area contributed by atoms with E-state index in [-0.39, 0.29) is 11.1 Å². The second kappa shape index (κ2) is 7.19. The summed E-state index contributed by atoms with van der Waals surface area (Å²) in [5.74, 6) is -0.777. The van der Waals surface area contributed by atoms with E-state index in [2.05, 4.69) is 10.1 Å². The SMILES string of the molecule is COC(=O)c1cc2sc(NC(=O)N(C)c3cccc(Cl)c3)cc2oc1=O. The molecule has 0 atom stereocenters. The van der Waals surface area contributed by atoms with Crippen LogP contribution in [0.15, 0.2) is 45.6 Å². The van der Waals surface area contributed by atoms with Gasteiger partial charge in [0.25, 0.3) is 0 Å². The maximum atomic E-state index is 12.4. The maximum Gasteiger partial charge on any atom is 0.351 e. The van der Waals surface area contributed by atoms with Gasteiger partial charge in [0.1, 0.15) is 10.6 Å². The van der Waals surface area contributed by atoms with E-state index < -0.39 is 17.6 Å². The largest absolute Gasteiger partial charge is 0.465 e. The van der Waals surface area contributed by atoms with Crippen LogP contribution in [-0.2, 0) is 4.74 Å². The Morgan fingerprint density at radius 3 is 2.73 bits per heavy atom. The van der Waals surface area contributed by atoms with Crippen LogP contribution in [0.3, 0.4) is 0 Å². The predicted molar refractivity (Wildman–Crippen MR) is 101 cm³/mol. The van der Waals surface area contributed by atoms with Crippen molar-refractivity contribution >= 4 is 55.9 Å². The molecule has 1 N–H and O–H groups in total. The fourth-order valence-electron chi connectivity index (χ4n) is 2.22. The topological polar surface area (TPSA) is 88.8 Å². The number of anilines is 2. The lowest BCUT2D eigenvalue weighted by atomic mass is 10.3. The fraction of sp³-hybridized carbons (Fsp3) is 0.118. The summed E-state index contributed by atoms with van der Waals surface area (Å²) in [5, 5.41) is 3.69. The Hall–Kier alpha value is -2.84. The number of rotatable bonds is 3.